The van der Waals surface area contributed by atoms with Crippen LogP contribution in [0.4, 0.5) is 5.13 Å². The van der Waals surface area contributed by atoms with E-state index in [1.54, 1.807) is 43.2 Å². The van der Waals surface area contributed by atoms with Crippen LogP contribution in [-0.2, 0) is 17.8 Å². The molecule has 0 aliphatic carbocycles. The third-order valence-corrected chi connectivity index (χ3v) is 5.57. The van der Waals surface area contributed by atoms with Gasteiger partial charge in [-0.2, -0.15) is 0 Å². The van der Waals surface area contributed by atoms with Gasteiger partial charge in [-0.3, -0.25) is 14.9 Å². The first-order valence-corrected chi connectivity index (χ1v) is 10.1. The maximum Gasteiger partial charge on any atom is 0.279 e. The largest absolute Gasteiger partial charge is 0.497 e. The number of nitrogens with zero attached hydrogens (tertiary/aromatic N) is 3. The van der Waals surface area contributed by atoms with Crippen molar-refractivity contribution in [3.8, 4) is 11.5 Å². The molecule has 3 heterocycles. The SMILES string of the molecule is COc1cccc(OCC(=O)N2CCc3nc(NC(=O)c4cc(C)on4)sc3C2)c1. The van der Waals surface area contributed by atoms with Crippen LogP contribution >= 0.6 is 11.3 Å². The van der Waals surface area contributed by atoms with E-state index in [4.69, 9.17) is 14.0 Å². The minimum Gasteiger partial charge on any atom is -0.497 e. The Kier molecular flexibility index (Phi) is 5.66. The van der Waals surface area contributed by atoms with Crippen LogP contribution < -0.4 is 14.8 Å². The van der Waals surface area contributed by atoms with Crippen LogP contribution in [0.3, 0.4) is 0 Å². The van der Waals surface area contributed by atoms with Gasteiger partial charge in [0, 0.05) is 30.0 Å². The molecule has 1 N–H and O–H groups in total. The summed E-state index contributed by atoms with van der Waals surface area (Å²) in [5.74, 6) is 1.32. The van der Waals surface area contributed by atoms with Gasteiger partial charge in [-0.15, -0.1) is 0 Å². The highest BCUT2D eigenvalue weighted by molar-refractivity contribution is 7.15. The molecule has 30 heavy (non-hydrogen) atoms. The Balaban J connectivity index is 1.35. The molecule has 2 aromatic heterocycles. The molecule has 0 fully saturated rings. The molecule has 1 aliphatic rings. The van der Waals surface area contributed by atoms with Crippen molar-refractivity contribution in [2.45, 2.75) is 19.9 Å². The second kappa shape index (κ2) is 8.54. The Morgan fingerprint density at radius 3 is 2.90 bits per heavy atom. The molecule has 0 saturated carbocycles. The zero-order valence-electron chi connectivity index (χ0n) is 16.5. The van der Waals surface area contributed by atoms with Crippen molar-refractivity contribution in [1.29, 1.82) is 0 Å². The summed E-state index contributed by atoms with van der Waals surface area (Å²) in [5, 5.41) is 6.92. The Bertz CT molecular complexity index is 1080. The minimum absolute atomic E-state index is 0.0591. The van der Waals surface area contributed by atoms with E-state index >= 15 is 0 Å². The minimum atomic E-state index is -0.377. The van der Waals surface area contributed by atoms with Crippen LogP contribution in [0.25, 0.3) is 0 Å². The normalized spacial score (nSPS) is 12.9. The van der Waals surface area contributed by atoms with Gasteiger partial charge in [-0.25, -0.2) is 4.98 Å². The summed E-state index contributed by atoms with van der Waals surface area (Å²) in [6.07, 6.45) is 0.621. The van der Waals surface area contributed by atoms with Crippen molar-refractivity contribution in [2.24, 2.45) is 0 Å². The Morgan fingerprint density at radius 2 is 2.13 bits per heavy atom. The Morgan fingerprint density at radius 1 is 1.30 bits per heavy atom. The molecule has 0 unspecified atom stereocenters. The maximum atomic E-state index is 12.6. The van der Waals surface area contributed by atoms with Crippen molar-refractivity contribution in [3.05, 3.63) is 52.4 Å². The topological polar surface area (TPSA) is 107 Å². The fourth-order valence-electron chi connectivity index (χ4n) is 3.02. The third kappa shape index (κ3) is 4.43. The Hall–Kier alpha value is -3.40. The van der Waals surface area contributed by atoms with Crippen molar-refractivity contribution in [1.82, 2.24) is 15.0 Å². The predicted molar refractivity (Wildman–Crippen MR) is 109 cm³/mol. The lowest BCUT2D eigenvalue weighted by atomic mass is 10.2. The number of fused-ring (bicyclic) bond motifs is 1. The molecule has 0 saturated heterocycles. The summed E-state index contributed by atoms with van der Waals surface area (Å²) in [6, 6.07) is 8.68. The molecule has 0 atom stereocenters. The number of nitrogens with one attached hydrogen (secondary N) is 1. The van der Waals surface area contributed by atoms with Crippen LogP contribution in [0.5, 0.6) is 11.5 Å². The molecular weight excluding hydrogens is 408 g/mol. The molecule has 1 aliphatic heterocycles. The number of ether oxygens (including phenoxy) is 2. The maximum absolute atomic E-state index is 12.6. The van der Waals surface area contributed by atoms with E-state index in [0.29, 0.717) is 41.9 Å². The first kappa shape index (κ1) is 19.9. The molecule has 2 amide bonds. The highest BCUT2D eigenvalue weighted by atomic mass is 32.1. The van der Waals surface area contributed by atoms with Gasteiger partial charge in [0.05, 0.1) is 19.3 Å². The second-order valence-corrected chi connectivity index (χ2v) is 7.78. The van der Waals surface area contributed by atoms with E-state index in [1.165, 1.54) is 11.3 Å². The highest BCUT2D eigenvalue weighted by Gasteiger charge is 2.25. The summed E-state index contributed by atoms with van der Waals surface area (Å²) in [4.78, 5) is 31.9. The number of thiazole rings is 1. The zero-order chi connectivity index (χ0) is 21.1. The molecule has 4 rings (SSSR count). The number of amides is 2. The van der Waals surface area contributed by atoms with Gasteiger partial charge in [0.15, 0.2) is 17.4 Å². The van der Waals surface area contributed by atoms with Crippen LogP contribution in [0.1, 0.15) is 26.8 Å². The van der Waals surface area contributed by atoms with Gasteiger partial charge < -0.3 is 18.9 Å². The van der Waals surface area contributed by atoms with Gasteiger partial charge in [0.2, 0.25) is 0 Å². The number of hydrogen-bond acceptors (Lipinski definition) is 8. The van der Waals surface area contributed by atoms with Crippen molar-refractivity contribution >= 4 is 28.3 Å². The smallest absolute Gasteiger partial charge is 0.279 e. The van der Waals surface area contributed by atoms with Crippen LogP contribution in [-0.4, -0.2) is 47.1 Å². The fourth-order valence-corrected chi connectivity index (χ4v) is 4.04. The summed E-state index contributed by atoms with van der Waals surface area (Å²) < 4.78 is 15.7. The molecule has 1 aromatic carbocycles. The number of rotatable bonds is 6. The van der Waals surface area contributed by atoms with Gasteiger partial charge in [-0.05, 0) is 19.1 Å². The first-order chi connectivity index (χ1) is 14.5. The molecule has 0 bridgehead atoms. The number of hydrogen-bond donors (Lipinski definition) is 1. The number of aromatic nitrogens is 2. The summed E-state index contributed by atoms with van der Waals surface area (Å²) in [7, 11) is 1.58. The summed E-state index contributed by atoms with van der Waals surface area (Å²) in [6.45, 7) is 2.64. The lowest BCUT2D eigenvalue weighted by Gasteiger charge is -2.26. The van der Waals surface area contributed by atoms with E-state index < -0.39 is 0 Å². The van der Waals surface area contributed by atoms with Gasteiger partial charge in [-0.1, -0.05) is 22.6 Å². The number of anilines is 1. The van der Waals surface area contributed by atoms with Crippen molar-refractivity contribution < 1.29 is 23.6 Å². The van der Waals surface area contributed by atoms with Crippen molar-refractivity contribution in [3.63, 3.8) is 0 Å². The van der Waals surface area contributed by atoms with Gasteiger partial charge in [0.25, 0.3) is 11.8 Å². The van der Waals surface area contributed by atoms with Crippen molar-refractivity contribution in [2.75, 3.05) is 25.6 Å². The number of carbonyl (C=O) groups excluding carboxylic acids is 2. The average Bonchev–Trinajstić information content (AvgIpc) is 3.37. The molecular formula is C20H20N4O5S. The fraction of sp³-hybridized carbons (Fsp3) is 0.300. The zero-order valence-corrected chi connectivity index (χ0v) is 17.3. The number of benzene rings is 1. The van der Waals surface area contributed by atoms with Gasteiger partial charge in [0.1, 0.15) is 17.3 Å². The predicted octanol–water partition coefficient (Wildman–Crippen LogP) is 2.66. The van der Waals surface area contributed by atoms with E-state index in [1.807, 2.05) is 6.07 Å². The van der Waals surface area contributed by atoms with Crippen LogP contribution in [0, 0.1) is 6.92 Å². The number of aryl methyl sites for hydroxylation is 1. The van der Waals surface area contributed by atoms with E-state index in [2.05, 4.69) is 15.5 Å². The van der Waals surface area contributed by atoms with Crippen LogP contribution in [0.15, 0.2) is 34.9 Å². The molecule has 156 valence electrons. The van der Waals surface area contributed by atoms with E-state index in [9.17, 15) is 9.59 Å². The molecule has 0 radical (unpaired) electrons. The van der Waals surface area contributed by atoms with E-state index in [-0.39, 0.29) is 24.1 Å². The quantitative estimate of drug-likeness (QED) is 0.643. The lowest BCUT2D eigenvalue weighted by molar-refractivity contribution is -0.134. The van der Waals surface area contributed by atoms with Crippen LogP contribution in [0.2, 0.25) is 0 Å². The monoisotopic (exact) mass is 428 g/mol. The standard InChI is InChI=1S/C20H20N4O5S/c1-12-8-16(23-29-12)19(26)22-20-21-15-6-7-24(10-17(15)30-20)18(25)11-28-14-5-3-4-13(9-14)27-2/h3-5,8-9H,6-7,10-11H2,1-2H3,(H,21,22,26). The first-order valence-electron chi connectivity index (χ1n) is 9.29. The number of methoxy groups -OCH3 is 1. The average molecular weight is 428 g/mol. The third-order valence-electron chi connectivity index (χ3n) is 4.57. The lowest BCUT2D eigenvalue weighted by Crippen LogP contribution is -2.38. The Labute approximate surface area is 176 Å². The molecule has 10 heteroatoms. The summed E-state index contributed by atoms with van der Waals surface area (Å²) >= 11 is 1.35. The second-order valence-electron chi connectivity index (χ2n) is 6.70. The van der Waals surface area contributed by atoms with Gasteiger partial charge >= 0.3 is 0 Å². The van der Waals surface area contributed by atoms with E-state index in [0.717, 1.165) is 10.6 Å². The molecule has 0 spiro atoms. The highest BCUT2D eigenvalue weighted by Crippen LogP contribution is 2.29. The number of carbonyl (C=O) groups is 2. The molecule has 9 nitrogen and oxygen atoms in total. The molecule has 3 aromatic rings. The summed E-state index contributed by atoms with van der Waals surface area (Å²) in [5.41, 5.74) is 1.09.